The van der Waals surface area contributed by atoms with E-state index < -0.39 is 5.91 Å². The molecule has 0 aliphatic carbocycles. The van der Waals surface area contributed by atoms with Crippen LogP contribution in [-0.2, 0) is 0 Å². The molecule has 2 aromatic rings. The molecule has 0 atom stereocenters. The van der Waals surface area contributed by atoms with Crippen molar-refractivity contribution in [1.29, 1.82) is 5.26 Å². The summed E-state index contributed by atoms with van der Waals surface area (Å²) in [6, 6.07) is 9.40. The number of hydrogen-bond donors (Lipinski definition) is 1. The highest BCUT2D eigenvalue weighted by Gasteiger charge is 2.23. The predicted octanol–water partition coefficient (Wildman–Crippen LogP) is 2.09. The van der Waals surface area contributed by atoms with E-state index in [0.29, 0.717) is 11.1 Å². The summed E-state index contributed by atoms with van der Waals surface area (Å²) in [4.78, 5) is 15.5. The first-order chi connectivity index (χ1) is 11.1. The molecular weight excluding hydrogens is 334 g/mol. The second-order valence-corrected chi connectivity index (χ2v) is 6.26. The first kappa shape index (κ1) is 15.6. The van der Waals surface area contributed by atoms with Crippen molar-refractivity contribution >= 4 is 39.7 Å². The molecule has 0 spiro atoms. The molecule has 1 aromatic heterocycles. The molecule has 6 nitrogen and oxygen atoms in total. The number of nitrogens with two attached hydrogens (primary N) is 1. The lowest BCUT2D eigenvalue weighted by atomic mass is 10.1. The van der Waals surface area contributed by atoms with E-state index in [1.165, 1.54) is 11.5 Å². The van der Waals surface area contributed by atoms with Crippen molar-refractivity contribution in [1.82, 2.24) is 4.37 Å². The maximum atomic E-state index is 11.1. The van der Waals surface area contributed by atoms with Gasteiger partial charge in [0.05, 0.1) is 0 Å². The van der Waals surface area contributed by atoms with E-state index in [9.17, 15) is 10.1 Å². The molecule has 118 valence electrons. The highest BCUT2D eigenvalue weighted by atomic mass is 35.5. The Hall–Kier alpha value is -2.30. The lowest BCUT2D eigenvalue weighted by molar-refractivity contribution is 0.100. The van der Waals surface area contributed by atoms with Gasteiger partial charge in [0.2, 0.25) is 5.91 Å². The monoisotopic (exact) mass is 347 g/mol. The quantitative estimate of drug-likeness (QED) is 0.918. The highest BCUT2D eigenvalue weighted by Crippen LogP contribution is 2.32. The molecule has 0 unspecified atom stereocenters. The van der Waals surface area contributed by atoms with E-state index in [-0.39, 0.29) is 5.15 Å². The summed E-state index contributed by atoms with van der Waals surface area (Å²) in [5.74, 6) is -0.424. The van der Waals surface area contributed by atoms with Crippen LogP contribution in [0.1, 0.15) is 15.9 Å². The molecule has 3 rings (SSSR count). The normalized spacial score (nSPS) is 14.6. The summed E-state index contributed by atoms with van der Waals surface area (Å²) in [6.45, 7) is 3.20. The van der Waals surface area contributed by atoms with Gasteiger partial charge < -0.3 is 15.5 Å². The molecule has 0 radical (unpaired) electrons. The van der Waals surface area contributed by atoms with Crippen LogP contribution in [0.15, 0.2) is 24.3 Å². The molecule has 2 heterocycles. The van der Waals surface area contributed by atoms with Crippen molar-refractivity contribution in [3.8, 4) is 6.07 Å². The predicted molar refractivity (Wildman–Crippen MR) is 91.2 cm³/mol. The van der Waals surface area contributed by atoms with Gasteiger partial charge in [-0.15, -0.1) is 0 Å². The third kappa shape index (κ3) is 3.09. The Morgan fingerprint density at radius 2 is 1.83 bits per heavy atom. The fraction of sp³-hybridized carbons (Fsp3) is 0.267. The Labute approximate surface area is 142 Å². The smallest absolute Gasteiger partial charge is 0.248 e. The Balaban J connectivity index is 1.68. The van der Waals surface area contributed by atoms with Crippen molar-refractivity contribution in [3.05, 3.63) is 40.5 Å². The molecule has 1 amide bonds. The van der Waals surface area contributed by atoms with Crippen LogP contribution in [-0.4, -0.2) is 36.5 Å². The number of halogens is 1. The Morgan fingerprint density at radius 3 is 2.39 bits per heavy atom. The number of carbonyl (C=O) groups excluding carboxylic acids is 1. The second-order valence-electron chi connectivity index (χ2n) is 5.15. The topological polar surface area (TPSA) is 86.2 Å². The van der Waals surface area contributed by atoms with Crippen molar-refractivity contribution in [3.63, 3.8) is 0 Å². The Kier molecular flexibility index (Phi) is 4.37. The number of primary amides is 1. The molecule has 1 fully saturated rings. The maximum absolute atomic E-state index is 11.1. The van der Waals surface area contributed by atoms with E-state index in [1.54, 1.807) is 12.1 Å². The summed E-state index contributed by atoms with van der Waals surface area (Å²) < 4.78 is 4.05. The van der Waals surface area contributed by atoms with Gasteiger partial charge >= 0.3 is 0 Å². The van der Waals surface area contributed by atoms with E-state index in [1.807, 2.05) is 12.1 Å². The minimum atomic E-state index is -0.424. The van der Waals surface area contributed by atoms with Crippen LogP contribution in [0.25, 0.3) is 0 Å². The van der Waals surface area contributed by atoms with E-state index in [0.717, 1.165) is 36.9 Å². The zero-order valence-corrected chi connectivity index (χ0v) is 13.8. The number of rotatable bonds is 3. The average Bonchev–Trinajstić information content (AvgIpc) is 2.96. The van der Waals surface area contributed by atoms with Gasteiger partial charge in [0, 0.05) is 37.4 Å². The lowest BCUT2D eigenvalue weighted by Gasteiger charge is -2.36. The van der Waals surface area contributed by atoms with Crippen LogP contribution < -0.4 is 15.5 Å². The van der Waals surface area contributed by atoms with Gasteiger partial charge in [-0.2, -0.15) is 9.64 Å². The van der Waals surface area contributed by atoms with Gasteiger partial charge in [0.25, 0.3) is 0 Å². The van der Waals surface area contributed by atoms with Gasteiger partial charge in [0.15, 0.2) is 5.15 Å². The molecule has 23 heavy (non-hydrogen) atoms. The molecule has 1 saturated heterocycles. The third-order valence-electron chi connectivity index (χ3n) is 3.83. The SMILES string of the molecule is N#Cc1c(Cl)nsc1N1CCN(c2ccc(C(N)=O)cc2)CC1. The summed E-state index contributed by atoms with van der Waals surface area (Å²) in [5.41, 5.74) is 7.27. The number of hydrogen-bond acceptors (Lipinski definition) is 6. The molecular formula is C15H14ClN5OS. The second kappa shape index (κ2) is 6.44. The summed E-state index contributed by atoms with van der Waals surface area (Å²) >= 11 is 7.19. The minimum absolute atomic E-state index is 0.275. The molecule has 0 saturated carbocycles. The van der Waals surface area contributed by atoms with Crippen molar-refractivity contribution in [2.45, 2.75) is 0 Å². The van der Waals surface area contributed by atoms with Gasteiger partial charge in [-0.1, -0.05) is 11.6 Å². The minimum Gasteiger partial charge on any atom is -0.368 e. The Bertz CT molecular complexity index is 759. The fourth-order valence-electron chi connectivity index (χ4n) is 2.58. The number of aromatic nitrogens is 1. The van der Waals surface area contributed by atoms with Crippen molar-refractivity contribution < 1.29 is 4.79 Å². The van der Waals surface area contributed by atoms with Gasteiger partial charge in [-0.25, -0.2) is 0 Å². The zero-order chi connectivity index (χ0) is 16.4. The van der Waals surface area contributed by atoms with Gasteiger partial charge in [-0.3, -0.25) is 4.79 Å². The first-order valence-electron chi connectivity index (χ1n) is 7.05. The van der Waals surface area contributed by atoms with E-state index in [4.69, 9.17) is 17.3 Å². The van der Waals surface area contributed by atoms with Crippen LogP contribution in [0, 0.1) is 11.3 Å². The number of nitrogens with zero attached hydrogens (tertiary/aromatic N) is 4. The summed E-state index contributed by atoms with van der Waals surface area (Å²) in [7, 11) is 0. The van der Waals surface area contributed by atoms with Gasteiger partial charge in [-0.05, 0) is 35.8 Å². The third-order valence-corrected chi connectivity index (χ3v) is 5.11. The molecule has 8 heteroatoms. The largest absolute Gasteiger partial charge is 0.368 e. The number of benzene rings is 1. The number of piperazine rings is 1. The summed E-state index contributed by atoms with van der Waals surface area (Å²) in [6.07, 6.45) is 0. The lowest BCUT2D eigenvalue weighted by Crippen LogP contribution is -2.46. The number of nitriles is 1. The molecule has 1 aliphatic rings. The Morgan fingerprint density at radius 1 is 1.22 bits per heavy atom. The summed E-state index contributed by atoms with van der Waals surface area (Å²) in [5, 5.41) is 10.3. The molecule has 1 aromatic carbocycles. The fourth-order valence-corrected chi connectivity index (χ4v) is 3.66. The number of carbonyl (C=O) groups is 1. The molecule has 0 bridgehead atoms. The average molecular weight is 348 g/mol. The van der Waals surface area contributed by atoms with Crippen LogP contribution in [0.4, 0.5) is 10.7 Å². The van der Waals surface area contributed by atoms with Crippen LogP contribution in [0.5, 0.6) is 0 Å². The number of anilines is 2. The van der Waals surface area contributed by atoms with E-state index >= 15 is 0 Å². The maximum Gasteiger partial charge on any atom is 0.248 e. The van der Waals surface area contributed by atoms with Crippen LogP contribution in [0.2, 0.25) is 5.15 Å². The molecule has 1 aliphatic heterocycles. The molecule has 2 N–H and O–H groups in total. The standard InChI is InChI=1S/C15H14ClN5OS/c16-13-12(9-17)15(23-19-13)21-7-5-20(6-8-21)11-3-1-10(2-4-11)14(18)22/h1-4H,5-8H2,(H2,18,22). The van der Waals surface area contributed by atoms with Gasteiger partial charge in [0.1, 0.15) is 16.6 Å². The van der Waals surface area contributed by atoms with E-state index in [2.05, 4.69) is 20.2 Å². The van der Waals surface area contributed by atoms with Crippen molar-refractivity contribution in [2.75, 3.05) is 36.0 Å². The van der Waals surface area contributed by atoms with Crippen LogP contribution >= 0.6 is 23.1 Å². The first-order valence-corrected chi connectivity index (χ1v) is 8.20. The number of amides is 1. The highest BCUT2D eigenvalue weighted by molar-refractivity contribution is 7.10. The van der Waals surface area contributed by atoms with Crippen molar-refractivity contribution in [2.24, 2.45) is 5.73 Å². The zero-order valence-electron chi connectivity index (χ0n) is 12.2. The van der Waals surface area contributed by atoms with Crippen LogP contribution in [0.3, 0.4) is 0 Å².